The molecule has 26 heavy (non-hydrogen) atoms. The molecular weight excluding hydrogens is 361 g/mol. The highest BCUT2D eigenvalue weighted by atomic mass is 32.2. The van der Waals surface area contributed by atoms with Gasteiger partial charge in [-0.2, -0.15) is 0 Å². The Bertz CT molecular complexity index is 887. The first-order valence-corrected chi connectivity index (χ1v) is 11.5. The Morgan fingerprint density at radius 2 is 1.27 bits per heavy atom. The third kappa shape index (κ3) is 4.79. The third-order valence-electron chi connectivity index (χ3n) is 4.09. The molecule has 0 aliphatic carbocycles. The molecule has 0 saturated heterocycles. The zero-order valence-corrected chi connectivity index (χ0v) is 16.4. The van der Waals surface area contributed by atoms with E-state index in [1.807, 2.05) is 55.5 Å². The summed E-state index contributed by atoms with van der Waals surface area (Å²) >= 11 is 0. The highest BCUT2D eigenvalue weighted by Gasteiger charge is 2.17. The normalized spacial score (nSPS) is 11.6. The highest BCUT2D eigenvalue weighted by Crippen LogP contribution is 2.32. The second-order valence-electron chi connectivity index (χ2n) is 6.03. The summed E-state index contributed by atoms with van der Waals surface area (Å²) in [7, 11) is -4.08. The van der Waals surface area contributed by atoms with E-state index in [0.29, 0.717) is 11.4 Å². The topological polar surface area (TPSA) is 46.2 Å². The van der Waals surface area contributed by atoms with E-state index in [2.05, 4.69) is 29.0 Å². The van der Waals surface area contributed by atoms with Gasteiger partial charge >= 0.3 is 0 Å². The van der Waals surface area contributed by atoms with Gasteiger partial charge in [0.2, 0.25) is 10.0 Å². The van der Waals surface area contributed by atoms with Gasteiger partial charge in [-0.05, 0) is 43.7 Å². The second-order valence-corrected chi connectivity index (χ2v) is 10.1. The van der Waals surface area contributed by atoms with E-state index < -0.39 is 17.9 Å². The molecule has 134 valence electrons. The van der Waals surface area contributed by atoms with Crippen molar-refractivity contribution in [1.29, 1.82) is 0 Å². The van der Waals surface area contributed by atoms with Crippen LogP contribution in [-0.2, 0) is 10.0 Å². The van der Waals surface area contributed by atoms with E-state index in [-0.39, 0.29) is 0 Å². The molecule has 0 radical (unpaired) electrons. The van der Waals surface area contributed by atoms with E-state index in [9.17, 15) is 8.42 Å². The van der Waals surface area contributed by atoms with E-state index in [1.165, 1.54) is 10.6 Å². The first kappa shape index (κ1) is 18.8. The Hall–Kier alpha value is -2.00. The van der Waals surface area contributed by atoms with Crippen LogP contribution in [0.3, 0.4) is 0 Å². The van der Waals surface area contributed by atoms with Crippen molar-refractivity contribution in [2.45, 2.75) is 11.8 Å². The van der Waals surface area contributed by atoms with Crippen LogP contribution in [0.2, 0.25) is 0 Å². The lowest BCUT2D eigenvalue weighted by Crippen LogP contribution is -2.28. The average molecular weight is 383 g/mol. The van der Waals surface area contributed by atoms with Crippen molar-refractivity contribution >= 4 is 28.6 Å². The molecule has 0 fully saturated rings. The van der Waals surface area contributed by atoms with Crippen molar-refractivity contribution < 1.29 is 8.42 Å². The van der Waals surface area contributed by atoms with Crippen molar-refractivity contribution in [2.75, 3.05) is 12.7 Å². The minimum Gasteiger partial charge on any atom is -0.211 e. The minimum absolute atomic E-state index is 0.312. The molecule has 5 heteroatoms. The van der Waals surface area contributed by atoms with E-state index in [1.54, 1.807) is 12.1 Å². The molecule has 1 N–H and O–H groups in total. The highest BCUT2D eigenvalue weighted by molar-refractivity contribution is 7.89. The Morgan fingerprint density at radius 1 is 0.769 bits per heavy atom. The van der Waals surface area contributed by atoms with Gasteiger partial charge in [-0.25, -0.2) is 13.1 Å². The fourth-order valence-corrected chi connectivity index (χ4v) is 6.11. The Labute approximate surface area is 156 Å². The van der Waals surface area contributed by atoms with Gasteiger partial charge in [0, 0.05) is 6.54 Å². The largest absolute Gasteiger partial charge is 0.240 e. The summed E-state index contributed by atoms with van der Waals surface area (Å²) in [6.07, 6.45) is 0.758. The summed E-state index contributed by atoms with van der Waals surface area (Å²) in [5.41, 5.74) is 1.04. The van der Waals surface area contributed by atoms with Crippen LogP contribution in [0.5, 0.6) is 0 Å². The molecule has 0 spiro atoms. The predicted molar refractivity (Wildman–Crippen MR) is 110 cm³/mol. The fourth-order valence-electron chi connectivity index (χ4n) is 2.72. The van der Waals surface area contributed by atoms with Crippen molar-refractivity contribution in [3.8, 4) is 0 Å². The maximum absolute atomic E-state index is 12.5. The smallest absolute Gasteiger partial charge is 0.211 e. The van der Waals surface area contributed by atoms with Gasteiger partial charge in [0.05, 0.1) is 4.90 Å². The quantitative estimate of drug-likeness (QED) is 0.636. The van der Waals surface area contributed by atoms with Crippen LogP contribution in [0.4, 0.5) is 0 Å². The van der Waals surface area contributed by atoms with Gasteiger partial charge in [-0.3, -0.25) is 0 Å². The number of hydrogen-bond donors (Lipinski definition) is 1. The Kier molecular flexibility index (Phi) is 6.20. The molecule has 0 amide bonds. The van der Waals surface area contributed by atoms with Crippen molar-refractivity contribution in [1.82, 2.24) is 4.72 Å². The second kappa shape index (κ2) is 8.59. The van der Waals surface area contributed by atoms with Gasteiger partial charge in [0.15, 0.2) is 0 Å². The lowest BCUT2D eigenvalue weighted by atomic mass is 10.2. The lowest BCUT2D eigenvalue weighted by Gasteiger charge is -2.19. The summed E-state index contributed by atoms with van der Waals surface area (Å²) in [6, 6.07) is 27.5. The zero-order chi connectivity index (χ0) is 18.4. The van der Waals surface area contributed by atoms with E-state index in [0.717, 1.165) is 11.7 Å². The molecule has 3 rings (SSSR count). The van der Waals surface area contributed by atoms with Crippen LogP contribution in [0.25, 0.3) is 0 Å². The summed E-state index contributed by atoms with van der Waals surface area (Å²) in [5, 5.41) is 2.51. The first-order chi connectivity index (χ1) is 12.6. The van der Waals surface area contributed by atoms with Crippen LogP contribution >= 0.6 is 7.92 Å². The van der Waals surface area contributed by atoms with Crippen LogP contribution in [0.1, 0.15) is 5.56 Å². The van der Waals surface area contributed by atoms with Crippen LogP contribution in [0.15, 0.2) is 89.8 Å². The monoisotopic (exact) mass is 383 g/mol. The number of benzene rings is 3. The molecule has 0 atom stereocenters. The molecular formula is C21H22NO2PS. The van der Waals surface area contributed by atoms with Crippen molar-refractivity contribution in [3.63, 3.8) is 0 Å². The number of nitrogens with one attached hydrogen (secondary N) is 1. The fraction of sp³-hybridized carbons (Fsp3) is 0.143. The molecule has 0 aliphatic heterocycles. The van der Waals surface area contributed by atoms with Crippen LogP contribution in [-0.4, -0.2) is 21.1 Å². The summed E-state index contributed by atoms with van der Waals surface area (Å²) in [6.45, 7) is 2.35. The number of aryl methyl sites for hydroxylation is 1. The molecule has 0 saturated carbocycles. The molecule has 3 aromatic carbocycles. The lowest BCUT2D eigenvalue weighted by molar-refractivity contribution is 0.584. The molecule has 3 nitrogen and oxygen atoms in total. The first-order valence-electron chi connectivity index (χ1n) is 8.50. The Morgan fingerprint density at radius 3 is 1.77 bits per heavy atom. The van der Waals surface area contributed by atoms with Crippen LogP contribution in [0, 0.1) is 6.92 Å². The third-order valence-corrected chi connectivity index (χ3v) is 8.09. The molecule has 3 aromatic rings. The SMILES string of the molecule is Cc1ccc(S(=O)(=O)NCCP(c2ccccc2)c2ccccc2)cc1. The average Bonchev–Trinajstić information content (AvgIpc) is 2.67. The van der Waals surface area contributed by atoms with Crippen molar-refractivity contribution in [2.24, 2.45) is 0 Å². The maximum Gasteiger partial charge on any atom is 0.240 e. The summed E-state index contributed by atoms with van der Waals surface area (Å²) in [4.78, 5) is 0.312. The zero-order valence-electron chi connectivity index (χ0n) is 14.7. The van der Waals surface area contributed by atoms with Gasteiger partial charge in [-0.1, -0.05) is 78.4 Å². The molecule has 0 unspecified atom stereocenters. The number of rotatable bonds is 7. The van der Waals surface area contributed by atoms with Gasteiger partial charge in [0.1, 0.15) is 0 Å². The standard InChI is InChI=1S/C21H22NO2PS/c1-18-12-14-21(15-13-18)26(23,24)22-16-17-25(19-8-4-2-5-9-19)20-10-6-3-7-11-20/h2-15,22H,16-17H2,1H3. The van der Waals surface area contributed by atoms with E-state index >= 15 is 0 Å². The maximum atomic E-state index is 12.5. The molecule has 0 aromatic heterocycles. The molecule has 0 heterocycles. The number of hydrogen-bond acceptors (Lipinski definition) is 2. The molecule has 0 bridgehead atoms. The van der Waals surface area contributed by atoms with Crippen LogP contribution < -0.4 is 15.3 Å². The van der Waals surface area contributed by atoms with E-state index in [4.69, 9.17) is 0 Å². The summed E-state index contributed by atoms with van der Waals surface area (Å²) in [5.74, 6) is 0. The predicted octanol–water partition coefficient (Wildman–Crippen LogP) is 3.41. The minimum atomic E-state index is -3.48. The van der Waals surface area contributed by atoms with Gasteiger partial charge in [-0.15, -0.1) is 0 Å². The number of sulfonamides is 1. The Balaban J connectivity index is 1.73. The molecule has 0 aliphatic rings. The van der Waals surface area contributed by atoms with Crippen molar-refractivity contribution in [3.05, 3.63) is 90.5 Å². The summed E-state index contributed by atoms with van der Waals surface area (Å²) < 4.78 is 27.7. The van der Waals surface area contributed by atoms with Gasteiger partial charge in [0.25, 0.3) is 0 Å². The van der Waals surface area contributed by atoms with Gasteiger partial charge < -0.3 is 0 Å².